The smallest absolute Gasteiger partial charge is 0.329 e. The van der Waals surface area contributed by atoms with Crippen LogP contribution in [-0.2, 0) is 17.8 Å². The normalized spacial score (nSPS) is 13.4. The van der Waals surface area contributed by atoms with E-state index in [1.54, 1.807) is 0 Å². The fraction of sp³-hybridized carbons (Fsp3) is 0.321. The van der Waals surface area contributed by atoms with E-state index in [2.05, 4.69) is 42.4 Å². The molecule has 4 rings (SSSR count). The third-order valence-electron chi connectivity index (χ3n) is 6.51. The molecule has 3 aromatic rings. The second-order valence-electron chi connectivity index (χ2n) is 8.89. The fourth-order valence-electron chi connectivity index (χ4n) is 4.44. The molecule has 0 saturated carbocycles. The topological polar surface area (TPSA) is 87.2 Å². The lowest BCUT2D eigenvalue weighted by Gasteiger charge is -2.26. The highest BCUT2D eigenvalue weighted by Gasteiger charge is 2.18. The number of rotatable bonds is 8. The van der Waals surface area contributed by atoms with Gasteiger partial charge in [-0.25, -0.2) is 4.79 Å². The van der Waals surface area contributed by atoms with Crippen molar-refractivity contribution in [3.63, 3.8) is 0 Å². The number of carbonyl (C=O) groups excluding carboxylic acids is 1. The molecule has 35 heavy (non-hydrogen) atoms. The minimum absolute atomic E-state index is 0.0437. The van der Waals surface area contributed by atoms with Crippen LogP contribution >= 0.6 is 0 Å². The molecule has 0 bridgehead atoms. The highest BCUT2D eigenvalue weighted by atomic mass is 16.2. The monoisotopic (exact) mass is 472 g/mol. The maximum absolute atomic E-state index is 12.6. The van der Waals surface area contributed by atoms with Gasteiger partial charge in [0.2, 0.25) is 5.91 Å². The summed E-state index contributed by atoms with van der Waals surface area (Å²) in [5, 5.41) is 3.11. The van der Waals surface area contributed by atoms with E-state index in [1.807, 2.05) is 41.3 Å². The Morgan fingerprint density at radius 3 is 2.57 bits per heavy atom. The third-order valence-corrected chi connectivity index (χ3v) is 6.51. The highest BCUT2D eigenvalue weighted by molar-refractivity contribution is 5.78. The van der Waals surface area contributed by atoms with Crippen LogP contribution in [0.2, 0.25) is 0 Å². The van der Waals surface area contributed by atoms with Crippen LogP contribution in [0.3, 0.4) is 0 Å². The Kier molecular flexibility index (Phi) is 7.65. The molecule has 1 aliphatic heterocycles. The van der Waals surface area contributed by atoms with Crippen LogP contribution in [0.5, 0.6) is 0 Å². The van der Waals surface area contributed by atoms with Gasteiger partial charge in [0.25, 0.3) is 5.56 Å². The van der Waals surface area contributed by atoms with Gasteiger partial charge < -0.3 is 10.2 Å². The van der Waals surface area contributed by atoms with Crippen molar-refractivity contribution >= 4 is 23.0 Å². The van der Waals surface area contributed by atoms with Crippen LogP contribution in [0.1, 0.15) is 42.9 Å². The van der Waals surface area contributed by atoms with Crippen molar-refractivity contribution in [3.05, 3.63) is 98.2 Å². The van der Waals surface area contributed by atoms with Crippen molar-refractivity contribution in [2.45, 2.75) is 46.1 Å². The van der Waals surface area contributed by atoms with E-state index in [4.69, 9.17) is 0 Å². The van der Waals surface area contributed by atoms with Gasteiger partial charge in [0.15, 0.2) is 0 Å². The standard InChI is InChI=1S/C28H32N4O3/c1-3-21-18-24(12-11-20(21)2)29-25-19-27(34)32(28(35)30-25)15-7-10-26(33)31-16-13-23(14-17-31)22-8-5-4-6-9-22/h4-6,8-9,11-13,18-19,29H,3,7,10,14-17H2,1-2H3,(H,30,35). The van der Waals surface area contributed by atoms with Crippen molar-refractivity contribution < 1.29 is 4.79 Å². The molecule has 0 spiro atoms. The SMILES string of the molecule is CCc1cc(Nc2cc(=O)n(CCCC(=O)N3CC=C(c4ccccc4)CC3)c(=O)[nH]2)ccc1C. The first kappa shape index (κ1) is 24.3. The second-order valence-corrected chi connectivity index (χ2v) is 8.89. The van der Waals surface area contributed by atoms with E-state index in [9.17, 15) is 14.4 Å². The number of amides is 1. The summed E-state index contributed by atoms with van der Waals surface area (Å²) in [5.74, 6) is 0.398. The van der Waals surface area contributed by atoms with Gasteiger partial charge in [-0.1, -0.05) is 49.4 Å². The molecule has 2 N–H and O–H groups in total. The molecule has 182 valence electrons. The minimum atomic E-state index is -0.483. The van der Waals surface area contributed by atoms with Crippen LogP contribution in [-0.4, -0.2) is 33.4 Å². The summed E-state index contributed by atoms with van der Waals surface area (Å²) in [4.78, 5) is 42.3. The predicted molar refractivity (Wildman–Crippen MR) is 140 cm³/mol. The third kappa shape index (κ3) is 5.98. The van der Waals surface area contributed by atoms with Gasteiger partial charge >= 0.3 is 5.69 Å². The van der Waals surface area contributed by atoms with Crippen LogP contribution in [0.25, 0.3) is 5.57 Å². The molecule has 0 aliphatic carbocycles. The summed E-state index contributed by atoms with van der Waals surface area (Å²) < 4.78 is 1.15. The molecule has 7 nitrogen and oxygen atoms in total. The largest absolute Gasteiger partial charge is 0.342 e. The molecule has 2 aromatic carbocycles. The Morgan fingerprint density at radius 2 is 1.89 bits per heavy atom. The van der Waals surface area contributed by atoms with Crippen molar-refractivity contribution in [1.29, 1.82) is 0 Å². The van der Waals surface area contributed by atoms with Gasteiger partial charge in [-0.15, -0.1) is 0 Å². The molecule has 2 heterocycles. The van der Waals surface area contributed by atoms with Crippen molar-refractivity contribution in [2.75, 3.05) is 18.4 Å². The fourth-order valence-corrected chi connectivity index (χ4v) is 4.44. The maximum atomic E-state index is 12.6. The van der Waals surface area contributed by atoms with E-state index in [-0.39, 0.29) is 18.0 Å². The number of hydrogen-bond donors (Lipinski definition) is 2. The number of hydrogen-bond acceptors (Lipinski definition) is 4. The minimum Gasteiger partial charge on any atom is -0.342 e. The molecule has 1 aliphatic rings. The van der Waals surface area contributed by atoms with Gasteiger partial charge in [0.1, 0.15) is 5.82 Å². The average Bonchev–Trinajstić information content (AvgIpc) is 2.87. The Balaban J connectivity index is 1.32. The Hall–Kier alpha value is -3.87. The number of anilines is 2. The van der Waals surface area contributed by atoms with Crippen LogP contribution in [0.15, 0.2) is 70.3 Å². The highest BCUT2D eigenvalue weighted by Crippen LogP contribution is 2.22. The molecule has 0 unspecified atom stereocenters. The van der Waals surface area contributed by atoms with E-state index < -0.39 is 5.69 Å². The number of H-pyrrole nitrogens is 1. The molecule has 7 heteroatoms. The zero-order valence-corrected chi connectivity index (χ0v) is 20.3. The molecular weight excluding hydrogens is 440 g/mol. The lowest BCUT2D eigenvalue weighted by molar-refractivity contribution is -0.130. The van der Waals surface area contributed by atoms with Crippen LogP contribution in [0.4, 0.5) is 11.5 Å². The number of nitrogens with zero attached hydrogens (tertiary/aromatic N) is 2. The van der Waals surface area contributed by atoms with Gasteiger partial charge in [0.05, 0.1) is 0 Å². The zero-order chi connectivity index (χ0) is 24.8. The van der Waals surface area contributed by atoms with E-state index >= 15 is 0 Å². The second kappa shape index (κ2) is 11.0. The number of nitrogens with one attached hydrogen (secondary N) is 2. The molecule has 1 aromatic heterocycles. The van der Waals surface area contributed by atoms with Gasteiger partial charge in [-0.3, -0.25) is 19.1 Å². The zero-order valence-electron chi connectivity index (χ0n) is 20.3. The van der Waals surface area contributed by atoms with Gasteiger partial charge in [-0.2, -0.15) is 0 Å². The Labute approximate surface area is 205 Å². The predicted octanol–water partition coefficient (Wildman–Crippen LogP) is 4.25. The molecule has 1 amide bonds. The average molecular weight is 473 g/mol. The molecule has 0 atom stereocenters. The lowest BCUT2D eigenvalue weighted by Crippen LogP contribution is -2.37. The van der Waals surface area contributed by atoms with Crippen molar-refractivity contribution in [2.24, 2.45) is 0 Å². The van der Waals surface area contributed by atoms with Crippen LogP contribution in [0, 0.1) is 6.92 Å². The summed E-state index contributed by atoms with van der Waals surface area (Å²) >= 11 is 0. The Bertz CT molecular complexity index is 1310. The lowest BCUT2D eigenvalue weighted by atomic mass is 9.99. The first-order chi connectivity index (χ1) is 16.9. The van der Waals surface area contributed by atoms with E-state index in [1.165, 1.54) is 28.3 Å². The maximum Gasteiger partial charge on any atom is 0.329 e. The Morgan fingerprint density at radius 1 is 1.09 bits per heavy atom. The number of carbonyl (C=O) groups is 1. The first-order valence-electron chi connectivity index (χ1n) is 12.2. The quantitative estimate of drug-likeness (QED) is 0.513. The molecule has 0 fully saturated rings. The van der Waals surface area contributed by atoms with E-state index in [0.29, 0.717) is 31.7 Å². The first-order valence-corrected chi connectivity index (χ1v) is 12.2. The number of aromatic amines is 1. The number of aryl methyl sites for hydroxylation is 2. The van der Waals surface area contributed by atoms with Crippen molar-refractivity contribution in [3.8, 4) is 0 Å². The summed E-state index contributed by atoms with van der Waals surface area (Å²) in [5.41, 5.74) is 4.81. The van der Waals surface area contributed by atoms with Gasteiger partial charge in [-0.05, 0) is 60.6 Å². The molecular formula is C28H32N4O3. The molecule has 0 saturated heterocycles. The van der Waals surface area contributed by atoms with E-state index in [0.717, 1.165) is 23.1 Å². The molecule has 0 radical (unpaired) electrons. The summed E-state index contributed by atoms with van der Waals surface area (Å²) in [7, 11) is 0. The van der Waals surface area contributed by atoms with Crippen molar-refractivity contribution in [1.82, 2.24) is 14.5 Å². The summed E-state index contributed by atoms with van der Waals surface area (Å²) in [6, 6.07) is 17.5. The summed E-state index contributed by atoms with van der Waals surface area (Å²) in [6.07, 6.45) is 4.56. The number of benzene rings is 2. The van der Waals surface area contributed by atoms with Gasteiger partial charge in [0, 0.05) is 37.8 Å². The number of aromatic nitrogens is 2. The summed E-state index contributed by atoms with van der Waals surface area (Å²) in [6.45, 7) is 5.61. The van der Waals surface area contributed by atoms with Crippen LogP contribution < -0.4 is 16.6 Å².